The first-order valence-corrected chi connectivity index (χ1v) is 9.13. The van der Waals surface area contributed by atoms with Gasteiger partial charge in [0, 0.05) is 12.2 Å². The van der Waals surface area contributed by atoms with Crippen molar-refractivity contribution in [3.05, 3.63) is 78.8 Å². The Hall–Kier alpha value is -3.08. The minimum atomic E-state index is -0.334. The fourth-order valence-electron chi connectivity index (χ4n) is 1.23. The highest BCUT2D eigenvalue weighted by atomic mass is 16.5. The number of carbonyl (C=O) groups excluding carboxylic acids is 2. The molecule has 2 rings (SSSR count). The van der Waals surface area contributed by atoms with Crippen LogP contribution in [0.5, 0.6) is 0 Å². The van der Waals surface area contributed by atoms with E-state index in [0.717, 1.165) is 5.56 Å². The number of furan rings is 1. The van der Waals surface area contributed by atoms with E-state index < -0.39 is 0 Å². The van der Waals surface area contributed by atoms with Crippen molar-refractivity contribution in [3.63, 3.8) is 0 Å². The van der Waals surface area contributed by atoms with E-state index in [9.17, 15) is 9.59 Å². The van der Waals surface area contributed by atoms with Gasteiger partial charge in [0.05, 0.1) is 26.7 Å². The van der Waals surface area contributed by atoms with Crippen molar-refractivity contribution in [2.24, 2.45) is 0 Å². The van der Waals surface area contributed by atoms with E-state index in [2.05, 4.69) is 13.9 Å². The van der Waals surface area contributed by atoms with Gasteiger partial charge in [0.15, 0.2) is 0 Å². The second-order valence-electron chi connectivity index (χ2n) is 4.08. The number of ether oxygens (including phenoxy) is 2. The molecule has 0 unspecified atom stereocenters. The quantitative estimate of drug-likeness (QED) is 0.479. The molecule has 0 atom stereocenters. The average molecular weight is 391 g/mol. The zero-order valence-electron chi connectivity index (χ0n) is 18.0. The van der Waals surface area contributed by atoms with Crippen LogP contribution >= 0.6 is 0 Å². The Morgan fingerprint density at radius 2 is 1.25 bits per heavy atom. The molecule has 0 aliphatic rings. The number of carbonyl (C=O) groups is 2. The summed E-state index contributed by atoms with van der Waals surface area (Å²) in [5.74, 6) is -0.638. The molecule has 2 aromatic rings. The highest BCUT2D eigenvalue weighted by Gasteiger charge is 1.89. The van der Waals surface area contributed by atoms with Gasteiger partial charge in [-0.25, -0.2) is 9.59 Å². The summed E-state index contributed by atoms with van der Waals surface area (Å²) in [7, 11) is 2.71. The molecule has 1 heterocycles. The lowest BCUT2D eigenvalue weighted by molar-refractivity contribution is -0.135. The monoisotopic (exact) mass is 390 g/mol. The van der Waals surface area contributed by atoms with Crippen molar-refractivity contribution in [2.75, 3.05) is 14.2 Å². The van der Waals surface area contributed by atoms with Gasteiger partial charge in [-0.2, -0.15) is 0 Å². The molecule has 0 bridgehead atoms. The van der Waals surface area contributed by atoms with Gasteiger partial charge < -0.3 is 13.9 Å². The first-order chi connectivity index (χ1) is 13.6. The van der Waals surface area contributed by atoms with Gasteiger partial charge in [0.1, 0.15) is 0 Å². The lowest BCUT2D eigenvalue weighted by Crippen LogP contribution is -1.92. The maximum atomic E-state index is 10.7. The third-order valence-corrected chi connectivity index (χ3v) is 2.34. The van der Waals surface area contributed by atoms with E-state index in [1.807, 2.05) is 70.2 Å². The second-order valence-corrected chi connectivity index (χ2v) is 4.08. The van der Waals surface area contributed by atoms with Crippen LogP contribution < -0.4 is 0 Å². The highest BCUT2D eigenvalue weighted by Crippen LogP contribution is 2.00. The molecule has 0 radical (unpaired) electrons. The number of esters is 2. The Bertz CT molecular complexity index is 582. The summed E-state index contributed by atoms with van der Waals surface area (Å²) in [4.78, 5) is 20.8. The van der Waals surface area contributed by atoms with Crippen molar-refractivity contribution in [2.45, 2.75) is 34.6 Å². The maximum Gasteiger partial charge on any atom is 0.330 e. The molecule has 0 spiro atoms. The van der Waals surface area contributed by atoms with Crippen molar-refractivity contribution >= 4 is 18.0 Å². The summed E-state index contributed by atoms with van der Waals surface area (Å²) in [5.41, 5.74) is 0.989. The number of benzene rings is 1. The van der Waals surface area contributed by atoms with Crippen LogP contribution in [0.25, 0.3) is 6.08 Å². The van der Waals surface area contributed by atoms with E-state index in [1.165, 1.54) is 26.4 Å². The van der Waals surface area contributed by atoms with Crippen LogP contribution in [0.3, 0.4) is 0 Å². The van der Waals surface area contributed by atoms with Gasteiger partial charge >= 0.3 is 11.9 Å². The molecule has 0 saturated heterocycles. The maximum absolute atomic E-state index is 10.7. The zero-order chi connectivity index (χ0) is 22.0. The van der Waals surface area contributed by atoms with Crippen LogP contribution in [0.2, 0.25) is 0 Å². The van der Waals surface area contributed by atoms with Crippen LogP contribution in [-0.4, -0.2) is 26.2 Å². The fraction of sp³-hybridized carbons (Fsp3) is 0.304. The second kappa shape index (κ2) is 26.2. The van der Waals surface area contributed by atoms with Crippen LogP contribution in [0.1, 0.15) is 40.2 Å². The molecule has 5 nitrogen and oxygen atoms in total. The third kappa shape index (κ3) is 22.9. The molecule has 0 aliphatic heterocycles. The molecule has 0 N–H and O–H groups in total. The van der Waals surface area contributed by atoms with E-state index >= 15 is 0 Å². The highest BCUT2D eigenvalue weighted by molar-refractivity contribution is 5.86. The zero-order valence-corrected chi connectivity index (χ0v) is 18.0. The third-order valence-electron chi connectivity index (χ3n) is 2.34. The Morgan fingerprint density at radius 3 is 1.57 bits per heavy atom. The van der Waals surface area contributed by atoms with Crippen molar-refractivity contribution in [1.29, 1.82) is 0 Å². The summed E-state index contributed by atoms with van der Waals surface area (Å²) in [6.45, 7) is 9.76. The van der Waals surface area contributed by atoms with Crippen LogP contribution in [0, 0.1) is 0 Å². The molecule has 1 aromatic heterocycles. The van der Waals surface area contributed by atoms with Gasteiger partial charge in [0.25, 0.3) is 0 Å². The van der Waals surface area contributed by atoms with Crippen LogP contribution in [-0.2, 0) is 19.1 Å². The van der Waals surface area contributed by atoms with Gasteiger partial charge in [-0.1, -0.05) is 64.1 Å². The number of methoxy groups -OCH3 is 2. The summed E-state index contributed by atoms with van der Waals surface area (Å²) in [5, 5.41) is 0. The normalized spacial score (nSPS) is 8.54. The first-order valence-electron chi connectivity index (χ1n) is 9.13. The minimum Gasteiger partial charge on any atom is -0.473 e. The summed E-state index contributed by atoms with van der Waals surface area (Å²) in [6, 6.07) is 13.3. The SMILES string of the molecule is C/C=C/C(=O)OC.CC.CC.COC(=O)/C=C/c1ccccc1.c1ccoc1. The number of rotatable bonds is 3. The van der Waals surface area contributed by atoms with E-state index in [-0.39, 0.29) is 11.9 Å². The molecule has 0 amide bonds. The Kier molecular flexibility index (Phi) is 27.7. The average Bonchev–Trinajstić information content (AvgIpc) is 3.36. The predicted octanol–water partition coefficient (Wildman–Crippen LogP) is 5.94. The molecule has 0 fully saturated rings. The predicted molar refractivity (Wildman–Crippen MR) is 116 cm³/mol. The Morgan fingerprint density at radius 1 is 0.786 bits per heavy atom. The van der Waals surface area contributed by atoms with Gasteiger partial charge in [-0.3, -0.25) is 0 Å². The standard InChI is InChI=1S/C10H10O2.C5H8O2.C4H4O.2C2H6/c1-12-10(11)8-7-9-5-3-2-4-6-9;1-3-4-5(6)7-2;1-2-4-5-3-1;2*1-2/h2-8H,1H3;3-4H,1-2H3;1-4H;2*1-2H3/b8-7+;4-3+;;;. The molecule has 1 aromatic carbocycles. The molecular weight excluding hydrogens is 356 g/mol. The minimum absolute atomic E-state index is 0.303. The topological polar surface area (TPSA) is 65.7 Å². The van der Waals surface area contributed by atoms with Crippen LogP contribution in [0.15, 0.2) is 77.6 Å². The molecular formula is C23H34O5. The lowest BCUT2D eigenvalue weighted by Gasteiger charge is -1.91. The van der Waals surface area contributed by atoms with E-state index in [4.69, 9.17) is 0 Å². The van der Waals surface area contributed by atoms with E-state index in [0.29, 0.717) is 0 Å². The molecule has 0 aliphatic carbocycles. The summed E-state index contributed by atoms with van der Waals surface area (Å²) in [6.07, 6.45) is 9.35. The number of allylic oxidation sites excluding steroid dienone is 1. The van der Waals surface area contributed by atoms with Gasteiger partial charge in [-0.05, 0) is 30.7 Å². The van der Waals surface area contributed by atoms with E-state index in [1.54, 1.807) is 31.6 Å². The molecule has 0 saturated carbocycles. The number of hydrogen-bond donors (Lipinski definition) is 0. The fourth-order valence-corrected chi connectivity index (χ4v) is 1.23. The lowest BCUT2D eigenvalue weighted by atomic mass is 10.2. The molecule has 156 valence electrons. The summed E-state index contributed by atoms with van der Waals surface area (Å²) >= 11 is 0. The summed E-state index contributed by atoms with van der Waals surface area (Å²) < 4.78 is 13.3. The Balaban J connectivity index is -0.000000333. The van der Waals surface area contributed by atoms with Gasteiger partial charge in [0.2, 0.25) is 0 Å². The van der Waals surface area contributed by atoms with Crippen molar-refractivity contribution in [1.82, 2.24) is 0 Å². The van der Waals surface area contributed by atoms with Gasteiger partial charge in [-0.15, -0.1) is 0 Å². The van der Waals surface area contributed by atoms with Crippen LogP contribution in [0.4, 0.5) is 0 Å². The number of hydrogen-bond acceptors (Lipinski definition) is 5. The molecule has 5 heteroatoms. The first kappa shape index (κ1) is 29.7. The largest absolute Gasteiger partial charge is 0.473 e. The van der Waals surface area contributed by atoms with Crippen molar-refractivity contribution in [3.8, 4) is 0 Å². The van der Waals surface area contributed by atoms with Crippen molar-refractivity contribution < 1.29 is 23.5 Å². The molecule has 28 heavy (non-hydrogen) atoms. The smallest absolute Gasteiger partial charge is 0.330 e. The Labute approximate surface area is 169 Å².